The molecule has 1 heterocycles. The lowest BCUT2D eigenvalue weighted by molar-refractivity contribution is -0.135. The third kappa shape index (κ3) is 2.47. The molecule has 1 saturated heterocycles. The van der Waals surface area contributed by atoms with Crippen molar-refractivity contribution in [3.63, 3.8) is 0 Å². The van der Waals surface area contributed by atoms with Gasteiger partial charge in [0.1, 0.15) is 12.1 Å². The molecule has 7 heteroatoms. The highest BCUT2D eigenvalue weighted by atomic mass is 16.2. The first-order valence-corrected chi connectivity index (χ1v) is 9.61. The third-order valence-corrected chi connectivity index (χ3v) is 7.58. The van der Waals surface area contributed by atoms with E-state index in [-0.39, 0.29) is 23.3 Å². The Labute approximate surface area is 155 Å². The summed E-state index contributed by atoms with van der Waals surface area (Å²) in [5, 5.41) is 7.12. The summed E-state index contributed by atoms with van der Waals surface area (Å²) in [5.74, 6) is -0.166. The minimum Gasteiger partial charge on any atom is -0.323 e. The summed E-state index contributed by atoms with van der Waals surface area (Å²) in [6, 6.07) is -0.505. The number of urea groups is 1. The smallest absolute Gasteiger partial charge is 0.323 e. The SMILES string of the molecule is CCC1(CC)NC(=O)N(CC(=O)N/N=C2\CC3CCC2(C)C3(C)C)C1=O. The van der Waals surface area contributed by atoms with Crippen molar-refractivity contribution < 1.29 is 14.4 Å². The quantitative estimate of drug-likeness (QED) is 0.581. The van der Waals surface area contributed by atoms with Crippen molar-refractivity contribution in [2.75, 3.05) is 6.54 Å². The van der Waals surface area contributed by atoms with Gasteiger partial charge in [-0.2, -0.15) is 5.10 Å². The Morgan fingerprint density at radius 2 is 1.92 bits per heavy atom. The van der Waals surface area contributed by atoms with Gasteiger partial charge in [0.15, 0.2) is 0 Å². The van der Waals surface area contributed by atoms with Gasteiger partial charge in [0.2, 0.25) is 0 Å². The van der Waals surface area contributed by atoms with E-state index in [1.54, 1.807) is 0 Å². The van der Waals surface area contributed by atoms with Crippen LogP contribution in [0.1, 0.15) is 66.7 Å². The van der Waals surface area contributed by atoms with Crippen LogP contribution in [0.25, 0.3) is 0 Å². The second kappa shape index (κ2) is 6.06. The van der Waals surface area contributed by atoms with Crippen LogP contribution in [0, 0.1) is 16.7 Å². The summed E-state index contributed by atoms with van der Waals surface area (Å²) >= 11 is 0. The van der Waals surface area contributed by atoms with Crippen LogP contribution < -0.4 is 10.7 Å². The van der Waals surface area contributed by atoms with E-state index < -0.39 is 17.5 Å². The molecule has 0 spiro atoms. The minimum absolute atomic E-state index is 0.00532. The third-order valence-electron chi connectivity index (χ3n) is 7.58. The van der Waals surface area contributed by atoms with Crippen molar-refractivity contribution in [1.29, 1.82) is 0 Å². The lowest BCUT2D eigenvalue weighted by Gasteiger charge is -2.34. The first-order valence-electron chi connectivity index (χ1n) is 9.61. The molecule has 1 aliphatic heterocycles. The zero-order chi connectivity index (χ0) is 19.3. The van der Waals surface area contributed by atoms with E-state index in [1.165, 1.54) is 6.42 Å². The summed E-state index contributed by atoms with van der Waals surface area (Å²) in [6.07, 6.45) is 4.20. The topological polar surface area (TPSA) is 90.9 Å². The van der Waals surface area contributed by atoms with Gasteiger partial charge in [-0.1, -0.05) is 34.6 Å². The first-order chi connectivity index (χ1) is 12.1. The van der Waals surface area contributed by atoms with Crippen LogP contribution in [0.4, 0.5) is 4.79 Å². The van der Waals surface area contributed by atoms with Gasteiger partial charge in [-0.3, -0.25) is 14.5 Å². The molecule has 0 aromatic carbocycles. The largest absolute Gasteiger partial charge is 0.325 e. The predicted octanol–water partition coefficient (Wildman–Crippen LogP) is 2.42. The number of rotatable bonds is 5. The van der Waals surface area contributed by atoms with E-state index in [4.69, 9.17) is 0 Å². The maximum absolute atomic E-state index is 12.6. The number of carbonyl (C=O) groups is 3. The molecule has 3 fully saturated rings. The first kappa shape index (κ1) is 18.9. The van der Waals surface area contributed by atoms with Gasteiger partial charge in [-0.25, -0.2) is 10.2 Å². The Hall–Kier alpha value is -1.92. The van der Waals surface area contributed by atoms with Gasteiger partial charge in [0, 0.05) is 11.1 Å². The molecule has 144 valence electrons. The molecule has 7 nitrogen and oxygen atoms in total. The number of hydrogen-bond donors (Lipinski definition) is 2. The van der Waals surface area contributed by atoms with E-state index in [0.29, 0.717) is 18.8 Å². The van der Waals surface area contributed by atoms with Gasteiger partial charge in [-0.15, -0.1) is 0 Å². The second-order valence-electron chi connectivity index (χ2n) is 8.70. The molecule has 0 radical (unpaired) electrons. The van der Waals surface area contributed by atoms with Crippen molar-refractivity contribution in [3.8, 4) is 0 Å². The van der Waals surface area contributed by atoms with Crippen LogP contribution in [-0.2, 0) is 9.59 Å². The lowest BCUT2D eigenvalue weighted by Crippen LogP contribution is -2.46. The fourth-order valence-corrected chi connectivity index (χ4v) is 4.96. The van der Waals surface area contributed by atoms with Crippen molar-refractivity contribution in [2.24, 2.45) is 21.8 Å². The second-order valence-corrected chi connectivity index (χ2v) is 8.70. The molecule has 2 aliphatic carbocycles. The molecule has 3 aliphatic rings. The summed E-state index contributed by atoms with van der Waals surface area (Å²) in [6.45, 7) is 10.2. The van der Waals surface area contributed by atoms with E-state index in [0.717, 1.165) is 23.5 Å². The van der Waals surface area contributed by atoms with Gasteiger partial charge >= 0.3 is 6.03 Å². The average Bonchev–Trinajstić information content (AvgIpc) is 3.06. The van der Waals surface area contributed by atoms with Crippen LogP contribution in [-0.4, -0.2) is 40.5 Å². The van der Waals surface area contributed by atoms with E-state index in [9.17, 15) is 14.4 Å². The Kier molecular flexibility index (Phi) is 4.40. The number of imide groups is 1. The molecule has 2 N–H and O–H groups in total. The van der Waals surface area contributed by atoms with Crippen LogP contribution in [0.3, 0.4) is 0 Å². The number of amides is 4. The average molecular weight is 362 g/mol. The molecule has 2 unspecified atom stereocenters. The van der Waals surface area contributed by atoms with Gasteiger partial charge in [0.25, 0.3) is 11.8 Å². The molecule has 2 bridgehead atoms. The maximum Gasteiger partial charge on any atom is 0.325 e. The molecule has 26 heavy (non-hydrogen) atoms. The molecule has 2 atom stereocenters. The number of nitrogens with one attached hydrogen (secondary N) is 2. The molecule has 0 aromatic heterocycles. The normalized spacial score (nSPS) is 33.0. The minimum atomic E-state index is -0.884. The van der Waals surface area contributed by atoms with Crippen LogP contribution in [0.2, 0.25) is 0 Å². The number of carbonyl (C=O) groups excluding carboxylic acids is 3. The fourth-order valence-electron chi connectivity index (χ4n) is 4.96. The van der Waals surface area contributed by atoms with Crippen LogP contribution in [0.15, 0.2) is 5.10 Å². The Morgan fingerprint density at radius 3 is 2.38 bits per heavy atom. The predicted molar refractivity (Wildman–Crippen MR) is 98.4 cm³/mol. The number of hydrazone groups is 1. The van der Waals surface area contributed by atoms with Crippen LogP contribution in [0.5, 0.6) is 0 Å². The Balaban J connectivity index is 1.66. The monoisotopic (exact) mass is 362 g/mol. The molecule has 0 aromatic rings. The highest BCUT2D eigenvalue weighted by Gasteiger charge is 2.60. The van der Waals surface area contributed by atoms with Crippen molar-refractivity contribution in [1.82, 2.24) is 15.6 Å². The highest BCUT2D eigenvalue weighted by molar-refractivity contribution is 6.09. The van der Waals surface area contributed by atoms with Gasteiger partial charge < -0.3 is 5.32 Å². The summed E-state index contributed by atoms with van der Waals surface area (Å²) in [4.78, 5) is 38.0. The molecule has 3 rings (SSSR count). The van der Waals surface area contributed by atoms with Gasteiger partial charge in [-0.05, 0) is 43.4 Å². The van der Waals surface area contributed by atoms with E-state index in [2.05, 4.69) is 36.6 Å². The highest BCUT2D eigenvalue weighted by Crippen LogP contribution is 2.63. The van der Waals surface area contributed by atoms with Crippen molar-refractivity contribution in [3.05, 3.63) is 0 Å². The van der Waals surface area contributed by atoms with E-state index in [1.807, 2.05) is 13.8 Å². The zero-order valence-corrected chi connectivity index (χ0v) is 16.4. The molecule has 4 amide bonds. The Bertz CT molecular complexity index is 680. The fraction of sp³-hybridized carbons (Fsp3) is 0.789. The zero-order valence-electron chi connectivity index (χ0n) is 16.4. The number of fused-ring (bicyclic) bond motifs is 2. The molecule has 2 saturated carbocycles. The van der Waals surface area contributed by atoms with E-state index >= 15 is 0 Å². The Morgan fingerprint density at radius 1 is 1.27 bits per heavy atom. The van der Waals surface area contributed by atoms with Crippen LogP contribution >= 0.6 is 0 Å². The van der Waals surface area contributed by atoms with Gasteiger partial charge in [0.05, 0.1) is 0 Å². The summed E-state index contributed by atoms with van der Waals surface area (Å²) < 4.78 is 0. The van der Waals surface area contributed by atoms with Crippen molar-refractivity contribution >= 4 is 23.6 Å². The lowest BCUT2D eigenvalue weighted by atomic mass is 9.70. The summed E-state index contributed by atoms with van der Waals surface area (Å²) in [7, 11) is 0. The van der Waals surface area contributed by atoms with Crippen molar-refractivity contribution in [2.45, 2.75) is 72.3 Å². The number of hydrogen-bond acceptors (Lipinski definition) is 4. The summed E-state index contributed by atoms with van der Waals surface area (Å²) in [5.41, 5.74) is 2.91. The maximum atomic E-state index is 12.6. The number of nitrogens with zero attached hydrogens (tertiary/aromatic N) is 2. The standard InChI is InChI=1S/C19H30N4O3/c1-6-19(7-2)15(25)23(16(26)20-19)11-14(24)22-21-13-10-12-8-9-18(13,5)17(12,3)4/h12H,6-11H2,1-5H3,(H,20,26)(H,22,24)/b21-13+. The molecular weight excluding hydrogens is 332 g/mol. The molecular formula is C19H30N4O3.